The highest BCUT2D eigenvalue weighted by atomic mass is 35.5. The molecule has 0 aliphatic carbocycles. The highest BCUT2D eigenvalue weighted by Gasteiger charge is 2.38. The minimum Gasteiger partial charge on any atom is -0.466 e. The number of nitro benzene ring substituents is 1. The number of non-ortho nitro benzene ring substituents is 1. The molecule has 0 radical (unpaired) electrons. The van der Waals surface area contributed by atoms with E-state index in [1.807, 2.05) is 36.4 Å². The van der Waals surface area contributed by atoms with Crippen LogP contribution in [0.1, 0.15) is 49.0 Å². The first-order valence-electron chi connectivity index (χ1n) is 16.6. The summed E-state index contributed by atoms with van der Waals surface area (Å²) in [6, 6.07) is 26.5. The zero-order valence-corrected chi connectivity index (χ0v) is 29.5. The summed E-state index contributed by atoms with van der Waals surface area (Å²) >= 11 is 0. The third kappa shape index (κ3) is 9.57. The van der Waals surface area contributed by atoms with E-state index in [0.717, 1.165) is 50.4 Å². The molecule has 1 saturated heterocycles. The number of halogens is 1. The molecule has 1 atom stereocenters. The molecule has 50 heavy (non-hydrogen) atoms. The monoisotopic (exact) mass is 704 g/mol. The smallest absolute Gasteiger partial charge is 0.336 e. The predicted molar refractivity (Wildman–Crippen MR) is 193 cm³/mol. The van der Waals surface area contributed by atoms with Crippen LogP contribution in [-0.2, 0) is 23.8 Å². The zero-order valence-electron chi connectivity index (χ0n) is 28.7. The lowest BCUT2D eigenvalue weighted by Gasteiger charge is -2.35. The van der Waals surface area contributed by atoms with Gasteiger partial charge in [0.2, 0.25) is 0 Å². The minimum absolute atomic E-state index is 0. The molecule has 0 spiro atoms. The van der Waals surface area contributed by atoms with Gasteiger partial charge in [0, 0.05) is 62.8 Å². The number of carbonyl (C=O) groups is 2. The van der Waals surface area contributed by atoms with Gasteiger partial charge in [-0.05, 0) is 37.0 Å². The third-order valence-electron chi connectivity index (χ3n) is 9.01. The number of hydrogen-bond donors (Lipinski definition) is 1. The average Bonchev–Trinajstić information content (AvgIpc) is 3.12. The quantitative estimate of drug-likeness (QED) is 0.0956. The van der Waals surface area contributed by atoms with E-state index in [9.17, 15) is 19.7 Å². The van der Waals surface area contributed by atoms with E-state index < -0.39 is 22.8 Å². The molecule has 0 aromatic heterocycles. The number of ether oxygens (including phenoxy) is 3. The molecule has 0 amide bonds. The number of rotatable bonds is 14. The van der Waals surface area contributed by atoms with Crippen molar-refractivity contribution < 1.29 is 28.7 Å². The van der Waals surface area contributed by atoms with E-state index in [0.29, 0.717) is 30.0 Å². The fourth-order valence-corrected chi connectivity index (χ4v) is 6.50. The number of carbonyl (C=O) groups excluding carboxylic acids is 2. The number of esters is 2. The maximum absolute atomic E-state index is 13.5. The summed E-state index contributed by atoms with van der Waals surface area (Å²) in [6.07, 6.45) is 0.536. The average molecular weight is 705 g/mol. The predicted octanol–water partition coefficient (Wildman–Crippen LogP) is 5.78. The number of nitrogens with zero attached hydrogens (tertiary/aromatic N) is 3. The van der Waals surface area contributed by atoms with Crippen LogP contribution in [0, 0.1) is 10.1 Å². The second-order valence-corrected chi connectivity index (χ2v) is 12.2. The Balaban J connectivity index is 0.00000562. The highest BCUT2D eigenvalue weighted by Crippen LogP contribution is 2.40. The van der Waals surface area contributed by atoms with Crippen LogP contribution in [0.5, 0.6) is 0 Å². The number of hydrogen-bond acceptors (Lipinski definition) is 10. The molecule has 266 valence electrons. The van der Waals surface area contributed by atoms with Crippen molar-refractivity contribution in [3.63, 3.8) is 0 Å². The van der Waals surface area contributed by atoms with Crippen molar-refractivity contribution in [3.05, 3.63) is 134 Å². The SMILES string of the molecule is COC(=O)C1=C(C)NC(C)=C(C(=O)OCCCN2CCN(CCOC(c3ccccc3)c3ccccc3)CC2)C1c1cccc([N+](=O)[O-])c1.Cl. The minimum atomic E-state index is -0.881. The summed E-state index contributed by atoms with van der Waals surface area (Å²) in [5.74, 6) is -2.09. The summed E-state index contributed by atoms with van der Waals surface area (Å²) < 4.78 is 17.2. The Morgan fingerprint density at radius 3 is 1.94 bits per heavy atom. The summed E-state index contributed by atoms with van der Waals surface area (Å²) in [5.41, 5.74) is 4.03. The van der Waals surface area contributed by atoms with Crippen molar-refractivity contribution in [3.8, 4) is 0 Å². The summed E-state index contributed by atoms with van der Waals surface area (Å²) in [4.78, 5) is 42.2. The van der Waals surface area contributed by atoms with Crippen LogP contribution in [0.25, 0.3) is 0 Å². The number of methoxy groups -OCH3 is 1. The topological polar surface area (TPSA) is 123 Å². The molecule has 2 heterocycles. The molecule has 3 aromatic rings. The fourth-order valence-electron chi connectivity index (χ4n) is 6.50. The maximum atomic E-state index is 13.5. The maximum Gasteiger partial charge on any atom is 0.336 e. The van der Waals surface area contributed by atoms with Crippen LogP contribution in [-0.4, -0.2) is 86.3 Å². The molecule has 1 N–H and O–H groups in total. The van der Waals surface area contributed by atoms with Crippen LogP contribution in [0.15, 0.2) is 107 Å². The van der Waals surface area contributed by atoms with E-state index in [-0.39, 0.29) is 42.0 Å². The van der Waals surface area contributed by atoms with Gasteiger partial charge in [-0.15, -0.1) is 12.4 Å². The summed E-state index contributed by atoms with van der Waals surface area (Å²) in [7, 11) is 1.26. The Hall–Kier alpha value is -4.55. The van der Waals surface area contributed by atoms with E-state index in [1.54, 1.807) is 19.9 Å². The first-order chi connectivity index (χ1) is 23.8. The first-order valence-corrected chi connectivity index (χ1v) is 16.6. The normalized spacial score (nSPS) is 16.8. The Bertz CT molecular complexity index is 1640. The van der Waals surface area contributed by atoms with Gasteiger partial charge in [0.1, 0.15) is 6.10 Å². The summed E-state index contributed by atoms with van der Waals surface area (Å²) in [5, 5.41) is 14.6. The second kappa shape index (κ2) is 18.4. The van der Waals surface area contributed by atoms with Gasteiger partial charge in [-0.1, -0.05) is 72.8 Å². The molecule has 12 heteroatoms. The Morgan fingerprint density at radius 1 is 0.820 bits per heavy atom. The Labute approximate surface area is 299 Å². The fraction of sp³-hybridized carbons (Fsp3) is 0.368. The van der Waals surface area contributed by atoms with Gasteiger partial charge in [-0.3, -0.25) is 15.0 Å². The number of allylic oxidation sites excluding steroid dienone is 2. The van der Waals surface area contributed by atoms with Gasteiger partial charge in [0.15, 0.2) is 0 Å². The molecule has 5 rings (SSSR count). The number of nitro groups is 1. The van der Waals surface area contributed by atoms with Crippen molar-refractivity contribution in [2.24, 2.45) is 0 Å². The van der Waals surface area contributed by atoms with Crippen LogP contribution in [0.4, 0.5) is 5.69 Å². The molecule has 1 fully saturated rings. The van der Waals surface area contributed by atoms with Gasteiger partial charge in [-0.2, -0.15) is 0 Å². The first kappa shape index (κ1) is 38.3. The van der Waals surface area contributed by atoms with E-state index in [2.05, 4.69) is 39.4 Å². The molecule has 0 saturated carbocycles. The highest BCUT2D eigenvalue weighted by molar-refractivity contribution is 5.99. The second-order valence-electron chi connectivity index (χ2n) is 12.2. The molecular formula is C38H45ClN4O7. The number of benzene rings is 3. The molecule has 3 aromatic carbocycles. The number of dihydropyridines is 1. The number of nitrogens with one attached hydrogen (secondary N) is 1. The van der Waals surface area contributed by atoms with Crippen molar-refractivity contribution in [2.75, 3.05) is 59.6 Å². The Kier molecular flexibility index (Phi) is 14.1. The van der Waals surface area contributed by atoms with Crippen molar-refractivity contribution in [1.29, 1.82) is 0 Å². The molecule has 1 unspecified atom stereocenters. The van der Waals surface area contributed by atoms with Crippen LogP contribution < -0.4 is 5.32 Å². The lowest BCUT2D eigenvalue weighted by atomic mass is 9.80. The van der Waals surface area contributed by atoms with Gasteiger partial charge in [-0.25, -0.2) is 9.59 Å². The lowest BCUT2D eigenvalue weighted by molar-refractivity contribution is -0.384. The van der Waals surface area contributed by atoms with Gasteiger partial charge < -0.3 is 24.4 Å². The van der Waals surface area contributed by atoms with Gasteiger partial charge in [0.25, 0.3) is 5.69 Å². The van der Waals surface area contributed by atoms with E-state index in [4.69, 9.17) is 14.2 Å². The van der Waals surface area contributed by atoms with E-state index in [1.165, 1.54) is 25.3 Å². The van der Waals surface area contributed by atoms with Crippen LogP contribution in [0.3, 0.4) is 0 Å². The Morgan fingerprint density at radius 2 is 1.38 bits per heavy atom. The van der Waals surface area contributed by atoms with Gasteiger partial charge >= 0.3 is 11.9 Å². The molecule has 0 bridgehead atoms. The number of piperazine rings is 1. The van der Waals surface area contributed by atoms with Crippen molar-refractivity contribution >= 4 is 30.0 Å². The largest absolute Gasteiger partial charge is 0.466 e. The standard InChI is InChI=1S/C38H44N4O7.ClH/c1-27-33(37(43)47-3)35(31-16-10-17-32(26-31)42(45)46)34(28(2)39-27)38(44)49-24-11-18-40-19-21-41(22-20-40)23-25-48-36(29-12-6-4-7-13-29)30-14-8-5-9-15-30;/h4-10,12-17,26,35-36,39H,11,18-25H2,1-3H3;1H. The third-order valence-corrected chi connectivity index (χ3v) is 9.01. The molecule has 11 nitrogen and oxygen atoms in total. The van der Waals surface area contributed by atoms with Crippen LogP contribution >= 0.6 is 12.4 Å². The van der Waals surface area contributed by atoms with Crippen molar-refractivity contribution in [2.45, 2.75) is 32.3 Å². The molecular weight excluding hydrogens is 660 g/mol. The molecule has 2 aliphatic rings. The zero-order chi connectivity index (χ0) is 34.8. The molecule has 2 aliphatic heterocycles. The van der Waals surface area contributed by atoms with Crippen molar-refractivity contribution in [1.82, 2.24) is 15.1 Å². The van der Waals surface area contributed by atoms with Gasteiger partial charge in [0.05, 0.1) is 42.3 Å². The van der Waals surface area contributed by atoms with E-state index >= 15 is 0 Å². The summed E-state index contributed by atoms with van der Waals surface area (Å²) in [6.45, 7) is 9.54. The van der Waals surface area contributed by atoms with Crippen LogP contribution in [0.2, 0.25) is 0 Å². The lowest BCUT2D eigenvalue weighted by Crippen LogP contribution is -2.47.